The molecular formula is C22H19N3O2. The number of fused-ring (bicyclic) bond motifs is 1. The number of hydrogen-bond acceptors (Lipinski definition) is 2. The number of aromatic nitrogens is 1. The van der Waals surface area contributed by atoms with Crippen LogP contribution in [0.1, 0.15) is 24.2 Å². The predicted molar refractivity (Wildman–Crippen MR) is 105 cm³/mol. The molecule has 0 saturated heterocycles. The Hall–Kier alpha value is -3.47. The Balaban J connectivity index is 1.56. The minimum absolute atomic E-state index is 0.0395. The molecule has 1 atom stereocenters. The molecule has 1 N–H and O–H groups in total. The van der Waals surface area contributed by atoms with Gasteiger partial charge in [0, 0.05) is 40.8 Å². The highest BCUT2D eigenvalue weighted by Gasteiger charge is 2.27. The predicted octanol–water partition coefficient (Wildman–Crippen LogP) is 3.59. The van der Waals surface area contributed by atoms with Crippen molar-refractivity contribution in [3.05, 3.63) is 89.4 Å². The lowest BCUT2D eigenvalue weighted by Crippen LogP contribution is -2.35. The number of allylic oxidation sites excluding steroid dienone is 3. The first-order valence-electron chi connectivity index (χ1n) is 8.78. The number of benzene rings is 1. The van der Waals surface area contributed by atoms with Crippen molar-refractivity contribution >= 4 is 17.5 Å². The first kappa shape index (κ1) is 17.0. The van der Waals surface area contributed by atoms with Gasteiger partial charge >= 0.3 is 0 Å². The molecule has 2 aromatic rings. The van der Waals surface area contributed by atoms with Gasteiger partial charge in [0.25, 0.3) is 11.8 Å². The van der Waals surface area contributed by atoms with Crippen molar-refractivity contribution in [2.24, 2.45) is 10.9 Å². The van der Waals surface area contributed by atoms with Gasteiger partial charge < -0.3 is 9.88 Å². The van der Waals surface area contributed by atoms with Gasteiger partial charge in [-0.05, 0) is 62.4 Å². The number of amides is 2. The van der Waals surface area contributed by atoms with Crippen molar-refractivity contribution < 1.29 is 9.59 Å². The van der Waals surface area contributed by atoms with Gasteiger partial charge in [-0.15, -0.1) is 0 Å². The molecule has 2 aliphatic rings. The van der Waals surface area contributed by atoms with Crippen LogP contribution in [0.2, 0.25) is 0 Å². The zero-order chi connectivity index (χ0) is 19.0. The van der Waals surface area contributed by atoms with E-state index in [2.05, 4.69) is 10.3 Å². The monoisotopic (exact) mass is 357 g/mol. The summed E-state index contributed by atoms with van der Waals surface area (Å²) >= 11 is 0. The molecule has 1 aromatic heterocycles. The van der Waals surface area contributed by atoms with Crippen molar-refractivity contribution in [2.75, 3.05) is 0 Å². The highest BCUT2D eigenvalue weighted by Crippen LogP contribution is 2.29. The third kappa shape index (κ3) is 3.19. The van der Waals surface area contributed by atoms with Gasteiger partial charge in [-0.1, -0.05) is 11.6 Å². The van der Waals surface area contributed by atoms with E-state index in [9.17, 15) is 9.59 Å². The summed E-state index contributed by atoms with van der Waals surface area (Å²) in [6.07, 6.45) is 9.46. The summed E-state index contributed by atoms with van der Waals surface area (Å²) in [4.78, 5) is 28.7. The van der Waals surface area contributed by atoms with Gasteiger partial charge in [0.1, 0.15) is 0 Å². The summed E-state index contributed by atoms with van der Waals surface area (Å²) in [5.41, 5.74) is 4.56. The largest absolute Gasteiger partial charge is 0.325 e. The maximum Gasteiger partial charge on any atom is 0.277 e. The number of hydrogen-bond donors (Lipinski definition) is 1. The van der Waals surface area contributed by atoms with Crippen molar-refractivity contribution in [2.45, 2.75) is 13.8 Å². The van der Waals surface area contributed by atoms with Crippen LogP contribution in [0.3, 0.4) is 0 Å². The highest BCUT2D eigenvalue weighted by molar-refractivity contribution is 6.14. The summed E-state index contributed by atoms with van der Waals surface area (Å²) in [5.74, 6) is -0.372. The first-order chi connectivity index (χ1) is 13.0. The van der Waals surface area contributed by atoms with E-state index >= 15 is 0 Å². The van der Waals surface area contributed by atoms with Gasteiger partial charge in [0.05, 0.1) is 5.71 Å². The molecule has 0 saturated carbocycles. The zero-order valence-electron chi connectivity index (χ0n) is 15.1. The van der Waals surface area contributed by atoms with Gasteiger partial charge in [0.2, 0.25) is 0 Å². The van der Waals surface area contributed by atoms with Gasteiger partial charge in [0.15, 0.2) is 0 Å². The lowest BCUT2D eigenvalue weighted by Gasteiger charge is -2.28. The van der Waals surface area contributed by atoms with Gasteiger partial charge in [-0.2, -0.15) is 0 Å². The molecular weight excluding hydrogens is 338 g/mol. The normalized spacial score (nSPS) is 20.4. The van der Waals surface area contributed by atoms with Gasteiger partial charge in [-0.25, -0.2) is 4.99 Å². The van der Waals surface area contributed by atoms with Crippen LogP contribution >= 0.6 is 0 Å². The lowest BCUT2D eigenvalue weighted by atomic mass is 9.85. The number of nitrogens with one attached hydrogen (secondary N) is 1. The topological polar surface area (TPSA) is 63.5 Å². The molecule has 5 nitrogen and oxygen atoms in total. The van der Waals surface area contributed by atoms with Gasteiger partial charge in [-0.3, -0.25) is 9.59 Å². The molecule has 4 rings (SSSR count). The van der Waals surface area contributed by atoms with E-state index in [1.807, 2.05) is 67.2 Å². The average Bonchev–Trinajstić information content (AvgIpc) is 3.21. The maximum atomic E-state index is 12.5. The highest BCUT2D eigenvalue weighted by atomic mass is 16.2. The molecule has 1 aliphatic carbocycles. The second-order valence-electron chi connectivity index (χ2n) is 6.68. The first-order valence-corrected chi connectivity index (χ1v) is 8.78. The van der Waals surface area contributed by atoms with Crippen molar-refractivity contribution in [1.29, 1.82) is 0 Å². The Kier molecular flexibility index (Phi) is 4.20. The SMILES string of the molecule is CC1=C(C)C2C=CC(=NC(=O)c3ccc(-n4cccc4)cc3)C=C2NC1=O. The number of nitrogens with zero attached hydrogens (tertiary/aromatic N) is 2. The van der Waals surface area contributed by atoms with E-state index < -0.39 is 0 Å². The van der Waals surface area contributed by atoms with Crippen LogP contribution in [0.5, 0.6) is 0 Å². The fraction of sp³-hybridized carbons (Fsp3) is 0.136. The molecule has 0 spiro atoms. The van der Waals surface area contributed by atoms with E-state index in [0.717, 1.165) is 22.5 Å². The average molecular weight is 357 g/mol. The summed E-state index contributed by atoms with van der Waals surface area (Å²) < 4.78 is 1.97. The Bertz CT molecular complexity index is 1040. The summed E-state index contributed by atoms with van der Waals surface area (Å²) in [6, 6.07) is 11.2. The molecule has 1 aromatic carbocycles. The Morgan fingerprint density at radius 2 is 1.81 bits per heavy atom. The van der Waals surface area contributed by atoms with E-state index in [0.29, 0.717) is 11.3 Å². The van der Waals surface area contributed by atoms with Crippen LogP contribution in [0.15, 0.2) is 88.9 Å². The van der Waals surface area contributed by atoms with E-state index in [1.54, 1.807) is 18.2 Å². The number of carbonyl (C=O) groups is 2. The van der Waals surface area contributed by atoms with Crippen LogP contribution < -0.4 is 5.32 Å². The fourth-order valence-electron chi connectivity index (χ4n) is 3.26. The molecule has 2 amide bonds. The third-order valence-corrected chi connectivity index (χ3v) is 5.00. The smallest absolute Gasteiger partial charge is 0.277 e. The molecule has 2 heterocycles. The molecule has 134 valence electrons. The van der Waals surface area contributed by atoms with Crippen LogP contribution in [0, 0.1) is 5.92 Å². The fourth-order valence-corrected chi connectivity index (χ4v) is 3.26. The van der Waals surface area contributed by atoms with E-state index in [-0.39, 0.29) is 17.7 Å². The second-order valence-corrected chi connectivity index (χ2v) is 6.68. The van der Waals surface area contributed by atoms with Crippen LogP contribution in [-0.4, -0.2) is 22.1 Å². The Morgan fingerprint density at radius 3 is 2.52 bits per heavy atom. The minimum atomic E-state index is -0.311. The third-order valence-electron chi connectivity index (χ3n) is 5.00. The van der Waals surface area contributed by atoms with Crippen molar-refractivity contribution in [3.63, 3.8) is 0 Å². The van der Waals surface area contributed by atoms with Crippen LogP contribution in [-0.2, 0) is 4.79 Å². The zero-order valence-corrected chi connectivity index (χ0v) is 15.1. The molecule has 27 heavy (non-hydrogen) atoms. The summed E-state index contributed by atoms with van der Waals surface area (Å²) in [7, 11) is 0. The maximum absolute atomic E-state index is 12.5. The van der Waals surface area contributed by atoms with Crippen LogP contribution in [0.4, 0.5) is 0 Å². The van der Waals surface area contributed by atoms with Crippen molar-refractivity contribution in [1.82, 2.24) is 9.88 Å². The molecule has 0 fully saturated rings. The minimum Gasteiger partial charge on any atom is -0.325 e. The summed E-state index contributed by atoms with van der Waals surface area (Å²) in [6.45, 7) is 3.77. The van der Waals surface area contributed by atoms with E-state index in [4.69, 9.17) is 0 Å². The molecule has 0 bridgehead atoms. The van der Waals surface area contributed by atoms with Crippen LogP contribution in [0.25, 0.3) is 5.69 Å². The lowest BCUT2D eigenvalue weighted by molar-refractivity contribution is -0.117. The molecule has 0 radical (unpaired) electrons. The Labute approximate surface area is 157 Å². The Morgan fingerprint density at radius 1 is 1.11 bits per heavy atom. The quantitative estimate of drug-likeness (QED) is 0.893. The standard InChI is InChI=1S/C22H19N3O2/c1-14-15(2)21(26)24-20-13-17(7-10-19(14)20)23-22(27)16-5-8-18(9-6-16)25-11-3-4-12-25/h3-13,19H,1-2H3,(H,24,26). The van der Waals surface area contributed by atoms with E-state index in [1.165, 1.54) is 0 Å². The number of carbonyl (C=O) groups excluding carboxylic acids is 2. The molecule has 1 aliphatic heterocycles. The molecule has 1 unspecified atom stereocenters. The second kappa shape index (κ2) is 6.68. The number of aliphatic imine (C=N–C) groups is 1. The van der Waals surface area contributed by atoms with Crippen molar-refractivity contribution in [3.8, 4) is 5.69 Å². The summed E-state index contributed by atoms with van der Waals surface area (Å²) in [5, 5.41) is 2.88. The molecule has 5 heteroatoms. The number of rotatable bonds is 2.